The maximum absolute atomic E-state index is 11.5. The molecule has 1 aromatic rings. The van der Waals surface area contributed by atoms with Crippen molar-refractivity contribution in [2.45, 2.75) is 6.04 Å². The minimum Gasteiger partial charge on any atom is -0.347 e. The van der Waals surface area contributed by atoms with E-state index in [1.807, 2.05) is 6.07 Å². The lowest BCUT2D eigenvalue weighted by Gasteiger charge is -2.08. The molecule has 1 amide bonds. The van der Waals surface area contributed by atoms with Crippen LogP contribution in [0.15, 0.2) is 22.7 Å². The van der Waals surface area contributed by atoms with E-state index >= 15 is 0 Å². The first kappa shape index (κ1) is 10.9. The summed E-state index contributed by atoms with van der Waals surface area (Å²) in [4.78, 5) is 11.5. The van der Waals surface area contributed by atoms with Crippen LogP contribution in [0.5, 0.6) is 0 Å². The number of hydrogen-bond donors (Lipinski definition) is 2. The third kappa shape index (κ3) is 2.14. The molecule has 0 radical (unpaired) electrons. The number of hydrogen-bond acceptors (Lipinski definition) is 2. The van der Waals surface area contributed by atoms with Crippen LogP contribution in [0.3, 0.4) is 0 Å². The number of rotatable bonds is 1. The summed E-state index contributed by atoms with van der Waals surface area (Å²) in [5.74, 6) is -0.154. The third-order valence-electron chi connectivity index (χ3n) is 2.05. The number of thiocarbonyl (C=S) groups is 1. The summed E-state index contributed by atoms with van der Waals surface area (Å²) in [6.07, 6.45) is 0. The van der Waals surface area contributed by atoms with E-state index in [9.17, 15) is 4.79 Å². The highest BCUT2D eigenvalue weighted by Crippen LogP contribution is 2.27. The van der Waals surface area contributed by atoms with Crippen molar-refractivity contribution in [1.29, 1.82) is 0 Å². The van der Waals surface area contributed by atoms with Crippen molar-refractivity contribution in [3.63, 3.8) is 0 Å². The molecule has 1 aliphatic rings. The van der Waals surface area contributed by atoms with Crippen LogP contribution in [0.4, 0.5) is 0 Å². The van der Waals surface area contributed by atoms with E-state index in [-0.39, 0.29) is 5.91 Å². The van der Waals surface area contributed by atoms with Gasteiger partial charge in [-0.25, -0.2) is 0 Å². The molecule has 1 atom stereocenters. The second-order valence-corrected chi connectivity index (χ2v) is 4.74. The molecule has 3 nitrogen and oxygen atoms in total. The van der Waals surface area contributed by atoms with Crippen LogP contribution in [0.1, 0.15) is 11.6 Å². The first-order valence-corrected chi connectivity index (χ1v) is 5.72. The first-order valence-electron chi connectivity index (χ1n) is 4.14. The van der Waals surface area contributed by atoms with Gasteiger partial charge in [0.2, 0.25) is 0 Å². The van der Waals surface area contributed by atoms with Crippen molar-refractivity contribution >= 4 is 50.8 Å². The number of nitrogens with one attached hydrogen (secondary N) is 2. The van der Waals surface area contributed by atoms with Gasteiger partial charge < -0.3 is 10.6 Å². The number of carbonyl (C=O) groups is 1. The summed E-state index contributed by atoms with van der Waals surface area (Å²) < 4.78 is 0.800. The zero-order chi connectivity index (χ0) is 11.0. The van der Waals surface area contributed by atoms with Gasteiger partial charge in [-0.05, 0) is 45.8 Å². The molecule has 1 heterocycles. The lowest BCUT2D eigenvalue weighted by Crippen LogP contribution is -2.21. The number of carbonyl (C=O) groups excluding carboxylic acids is 1. The maximum Gasteiger partial charge on any atom is 0.253 e. The van der Waals surface area contributed by atoms with Crippen LogP contribution in [-0.4, -0.2) is 11.0 Å². The molecule has 1 unspecified atom stereocenters. The van der Waals surface area contributed by atoms with E-state index < -0.39 is 6.04 Å². The Kier molecular flexibility index (Phi) is 2.95. The monoisotopic (exact) mass is 304 g/mol. The van der Waals surface area contributed by atoms with Crippen LogP contribution >= 0.6 is 39.7 Å². The van der Waals surface area contributed by atoms with Crippen LogP contribution in [0, 0.1) is 0 Å². The zero-order valence-corrected chi connectivity index (χ0v) is 10.5. The predicted octanol–water partition coefficient (Wildman–Crippen LogP) is 2.15. The van der Waals surface area contributed by atoms with Gasteiger partial charge in [-0.3, -0.25) is 4.79 Å². The Morgan fingerprint density at radius 2 is 2.20 bits per heavy atom. The molecular formula is C9H6BrClN2OS. The van der Waals surface area contributed by atoms with Gasteiger partial charge in [-0.2, -0.15) is 0 Å². The van der Waals surface area contributed by atoms with Crippen molar-refractivity contribution in [1.82, 2.24) is 10.6 Å². The summed E-state index contributed by atoms with van der Waals surface area (Å²) in [6, 6.07) is 4.91. The molecule has 0 bridgehead atoms. The van der Waals surface area contributed by atoms with Crippen LogP contribution in [0.25, 0.3) is 0 Å². The van der Waals surface area contributed by atoms with Crippen molar-refractivity contribution in [2.75, 3.05) is 0 Å². The second-order valence-electron chi connectivity index (χ2n) is 3.07. The highest BCUT2D eigenvalue weighted by molar-refractivity contribution is 9.10. The molecule has 1 aliphatic heterocycles. The minimum atomic E-state index is -0.442. The third-order valence-corrected chi connectivity index (χ3v) is 3.50. The summed E-state index contributed by atoms with van der Waals surface area (Å²) in [7, 11) is 0. The molecule has 2 rings (SSSR count). The average Bonchev–Trinajstić information content (AvgIpc) is 2.50. The Morgan fingerprint density at radius 1 is 1.47 bits per heavy atom. The molecule has 2 N–H and O–H groups in total. The molecule has 0 aromatic heterocycles. The van der Waals surface area contributed by atoms with Gasteiger partial charge in [0, 0.05) is 4.47 Å². The molecule has 0 aliphatic carbocycles. The fraction of sp³-hybridized carbons (Fsp3) is 0.111. The van der Waals surface area contributed by atoms with Crippen LogP contribution in [0.2, 0.25) is 5.02 Å². The van der Waals surface area contributed by atoms with Crippen LogP contribution in [-0.2, 0) is 4.79 Å². The molecule has 1 aromatic carbocycles. The fourth-order valence-electron chi connectivity index (χ4n) is 1.34. The molecule has 0 saturated carbocycles. The predicted molar refractivity (Wildman–Crippen MR) is 65.8 cm³/mol. The summed E-state index contributed by atoms with van der Waals surface area (Å²) in [5, 5.41) is 6.31. The molecule has 1 saturated heterocycles. The smallest absolute Gasteiger partial charge is 0.253 e. The maximum atomic E-state index is 11.5. The Bertz CT molecular complexity index is 452. The molecular weight excluding hydrogens is 300 g/mol. The molecule has 0 spiro atoms. The van der Waals surface area contributed by atoms with Crippen molar-refractivity contribution in [3.8, 4) is 0 Å². The van der Waals surface area contributed by atoms with Gasteiger partial charge in [0.15, 0.2) is 5.11 Å². The fourth-order valence-corrected chi connectivity index (χ4v) is 2.00. The summed E-state index contributed by atoms with van der Waals surface area (Å²) in [6.45, 7) is 0. The van der Waals surface area contributed by atoms with E-state index in [0.29, 0.717) is 10.1 Å². The van der Waals surface area contributed by atoms with Crippen molar-refractivity contribution < 1.29 is 4.79 Å². The number of halogens is 2. The quantitative estimate of drug-likeness (QED) is 0.781. The highest BCUT2D eigenvalue weighted by atomic mass is 79.9. The largest absolute Gasteiger partial charge is 0.347 e. The van der Waals surface area contributed by atoms with Crippen LogP contribution < -0.4 is 10.6 Å². The number of benzene rings is 1. The Balaban J connectivity index is 2.34. The molecule has 6 heteroatoms. The normalized spacial score (nSPS) is 20.0. The minimum absolute atomic E-state index is 0.154. The van der Waals surface area contributed by atoms with Gasteiger partial charge in [0.25, 0.3) is 5.91 Å². The average molecular weight is 306 g/mol. The van der Waals surface area contributed by atoms with Crippen molar-refractivity contribution in [3.05, 3.63) is 33.3 Å². The lowest BCUT2D eigenvalue weighted by atomic mass is 10.1. The summed E-state index contributed by atoms with van der Waals surface area (Å²) in [5.41, 5.74) is 0.792. The first-order chi connectivity index (χ1) is 7.08. The topological polar surface area (TPSA) is 41.1 Å². The molecule has 1 fully saturated rings. The number of amides is 1. The zero-order valence-electron chi connectivity index (χ0n) is 7.38. The Labute approximate surface area is 105 Å². The Morgan fingerprint density at radius 3 is 2.73 bits per heavy atom. The van der Waals surface area contributed by atoms with Crippen molar-refractivity contribution in [2.24, 2.45) is 0 Å². The molecule has 15 heavy (non-hydrogen) atoms. The van der Waals surface area contributed by atoms with Gasteiger partial charge in [-0.1, -0.05) is 17.7 Å². The lowest BCUT2D eigenvalue weighted by molar-refractivity contribution is -0.120. The standard InChI is InChI=1S/C9H6BrClN2OS/c10-5-2-1-4(3-6(5)11)7-8(14)13-9(15)12-7/h1-3,7H,(H2,12,13,14,15). The van der Waals surface area contributed by atoms with Gasteiger partial charge in [-0.15, -0.1) is 0 Å². The van der Waals surface area contributed by atoms with Gasteiger partial charge in [0.05, 0.1) is 5.02 Å². The SMILES string of the molecule is O=C1NC(=S)NC1c1ccc(Br)c(Cl)c1. The van der Waals surface area contributed by atoms with E-state index in [1.165, 1.54) is 0 Å². The Hall–Kier alpha value is -0.650. The van der Waals surface area contributed by atoms with E-state index in [2.05, 4.69) is 26.6 Å². The van der Waals surface area contributed by atoms with E-state index in [1.54, 1.807) is 12.1 Å². The second kappa shape index (κ2) is 4.08. The summed E-state index contributed by atoms with van der Waals surface area (Å²) >= 11 is 14.1. The van der Waals surface area contributed by atoms with Gasteiger partial charge >= 0.3 is 0 Å². The van der Waals surface area contributed by atoms with E-state index in [0.717, 1.165) is 10.0 Å². The van der Waals surface area contributed by atoms with Gasteiger partial charge in [0.1, 0.15) is 6.04 Å². The highest BCUT2D eigenvalue weighted by Gasteiger charge is 2.28. The molecule has 78 valence electrons. The van der Waals surface area contributed by atoms with E-state index in [4.69, 9.17) is 23.8 Å².